The Bertz CT molecular complexity index is 331. The van der Waals surface area contributed by atoms with E-state index < -0.39 is 5.97 Å². The number of nitrogens with one attached hydrogen (secondary N) is 1. The second-order valence-electron chi connectivity index (χ2n) is 3.67. The highest BCUT2D eigenvalue weighted by atomic mass is 16.4. The van der Waals surface area contributed by atoms with E-state index in [0.29, 0.717) is 6.54 Å². The fraction of sp³-hybridized carbons (Fsp3) is 0.417. The number of carbonyl (C=O) groups is 1. The molecule has 1 rings (SSSR count). The molecule has 4 heteroatoms. The smallest absolute Gasteiger partial charge is 0.335 e. The molecule has 0 saturated heterocycles. The molecule has 1 atom stereocenters. The lowest BCUT2D eigenvalue weighted by atomic mass is 10.1. The van der Waals surface area contributed by atoms with Gasteiger partial charge in [0.1, 0.15) is 0 Å². The van der Waals surface area contributed by atoms with Crippen LogP contribution in [0.15, 0.2) is 24.3 Å². The highest BCUT2D eigenvalue weighted by Crippen LogP contribution is 2.04. The van der Waals surface area contributed by atoms with Crippen LogP contribution in [0.25, 0.3) is 0 Å². The van der Waals surface area contributed by atoms with Crippen molar-refractivity contribution >= 4 is 5.97 Å². The molecule has 4 nitrogen and oxygen atoms in total. The minimum absolute atomic E-state index is 0.0964. The Labute approximate surface area is 94.9 Å². The standard InChI is InChI=1S/C12H17NO3/c1-2-11(8-14)13-7-9-3-5-10(6-4-9)12(15)16/h3-6,11,13-14H,2,7-8H2,1H3,(H,15,16). The van der Waals surface area contributed by atoms with Gasteiger partial charge < -0.3 is 15.5 Å². The molecule has 0 saturated carbocycles. The van der Waals surface area contributed by atoms with Crippen LogP contribution in [0.2, 0.25) is 0 Å². The van der Waals surface area contributed by atoms with Crippen LogP contribution >= 0.6 is 0 Å². The second-order valence-corrected chi connectivity index (χ2v) is 3.67. The zero-order valence-corrected chi connectivity index (χ0v) is 9.31. The Hall–Kier alpha value is -1.39. The third-order valence-corrected chi connectivity index (χ3v) is 2.51. The summed E-state index contributed by atoms with van der Waals surface area (Å²) < 4.78 is 0. The molecule has 0 aliphatic rings. The maximum Gasteiger partial charge on any atom is 0.335 e. The van der Waals surface area contributed by atoms with Gasteiger partial charge in [0, 0.05) is 12.6 Å². The minimum Gasteiger partial charge on any atom is -0.478 e. The van der Waals surface area contributed by atoms with Crippen molar-refractivity contribution < 1.29 is 15.0 Å². The van der Waals surface area contributed by atoms with Crippen molar-refractivity contribution in [1.82, 2.24) is 5.32 Å². The van der Waals surface area contributed by atoms with E-state index in [1.54, 1.807) is 24.3 Å². The normalized spacial score (nSPS) is 12.4. The molecule has 0 aromatic heterocycles. The van der Waals surface area contributed by atoms with Crippen molar-refractivity contribution in [2.45, 2.75) is 25.9 Å². The molecule has 1 aromatic rings. The molecule has 88 valence electrons. The van der Waals surface area contributed by atoms with E-state index in [-0.39, 0.29) is 18.2 Å². The van der Waals surface area contributed by atoms with Gasteiger partial charge in [-0.3, -0.25) is 0 Å². The first-order valence-electron chi connectivity index (χ1n) is 5.33. The van der Waals surface area contributed by atoms with Gasteiger partial charge in [0.25, 0.3) is 0 Å². The number of aliphatic hydroxyl groups is 1. The monoisotopic (exact) mass is 223 g/mol. The molecule has 0 fully saturated rings. The van der Waals surface area contributed by atoms with E-state index in [9.17, 15) is 4.79 Å². The van der Waals surface area contributed by atoms with E-state index in [0.717, 1.165) is 12.0 Å². The quantitative estimate of drug-likeness (QED) is 0.678. The summed E-state index contributed by atoms with van der Waals surface area (Å²) in [5.41, 5.74) is 1.30. The van der Waals surface area contributed by atoms with Crippen LogP contribution in [0.5, 0.6) is 0 Å². The molecule has 1 aromatic carbocycles. The predicted octanol–water partition coefficient (Wildman–Crippen LogP) is 1.25. The van der Waals surface area contributed by atoms with Gasteiger partial charge in [-0.1, -0.05) is 19.1 Å². The van der Waals surface area contributed by atoms with Gasteiger partial charge in [-0.05, 0) is 24.1 Å². The van der Waals surface area contributed by atoms with Crippen LogP contribution in [-0.2, 0) is 6.54 Å². The molecule has 1 unspecified atom stereocenters. The Morgan fingerprint density at radius 3 is 2.44 bits per heavy atom. The number of aliphatic hydroxyl groups excluding tert-OH is 1. The summed E-state index contributed by atoms with van der Waals surface area (Å²) in [4.78, 5) is 10.6. The summed E-state index contributed by atoms with van der Waals surface area (Å²) in [6.07, 6.45) is 0.865. The fourth-order valence-corrected chi connectivity index (χ4v) is 1.37. The number of benzene rings is 1. The first-order valence-corrected chi connectivity index (χ1v) is 5.33. The largest absolute Gasteiger partial charge is 0.478 e. The first-order chi connectivity index (χ1) is 7.67. The SMILES string of the molecule is CCC(CO)NCc1ccc(C(=O)O)cc1. The van der Waals surface area contributed by atoms with E-state index in [1.807, 2.05) is 6.92 Å². The predicted molar refractivity (Wildman–Crippen MR) is 61.4 cm³/mol. The third kappa shape index (κ3) is 3.64. The number of aromatic carboxylic acids is 1. The van der Waals surface area contributed by atoms with Crippen molar-refractivity contribution in [3.05, 3.63) is 35.4 Å². The van der Waals surface area contributed by atoms with Crippen molar-refractivity contribution in [1.29, 1.82) is 0 Å². The van der Waals surface area contributed by atoms with Crippen LogP contribution in [0.4, 0.5) is 0 Å². The molecule has 0 radical (unpaired) electrons. The molecule has 0 bridgehead atoms. The van der Waals surface area contributed by atoms with Gasteiger partial charge in [-0.15, -0.1) is 0 Å². The summed E-state index contributed by atoms with van der Waals surface area (Å²) in [5.74, 6) is -0.915. The van der Waals surface area contributed by atoms with E-state index >= 15 is 0 Å². The zero-order chi connectivity index (χ0) is 12.0. The van der Waals surface area contributed by atoms with Crippen LogP contribution in [-0.4, -0.2) is 28.8 Å². The Morgan fingerprint density at radius 2 is 2.00 bits per heavy atom. The third-order valence-electron chi connectivity index (χ3n) is 2.51. The lowest BCUT2D eigenvalue weighted by Crippen LogP contribution is -2.31. The summed E-state index contributed by atoms with van der Waals surface area (Å²) in [7, 11) is 0. The van der Waals surface area contributed by atoms with Crippen LogP contribution in [0, 0.1) is 0 Å². The molecular weight excluding hydrogens is 206 g/mol. The maximum absolute atomic E-state index is 10.6. The van der Waals surface area contributed by atoms with Crippen LogP contribution in [0.3, 0.4) is 0 Å². The highest BCUT2D eigenvalue weighted by molar-refractivity contribution is 5.87. The Balaban J connectivity index is 2.52. The van der Waals surface area contributed by atoms with E-state index in [4.69, 9.17) is 10.2 Å². The van der Waals surface area contributed by atoms with Gasteiger partial charge in [0.05, 0.1) is 12.2 Å². The number of rotatable bonds is 6. The van der Waals surface area contributed by atoms with Gasteiger partial charge in [0.15, 0.2) is 0 Å². The van der Waals surface area contributed by atoms with Crippen molar-refractivity contribution in [3.63, 3.8) is 0 Å². The highest BCUT2D eigenvalue weighted by Gasteiger charge is 2.04. The molecule has 0 aliphatic heterocycles. The lowest BCUT2D eigenvalue weighted by molar-refractivity contribution is 0.0697. The number of carboxylic acids is 1. The topological polar surface area (TPSA) is 69.6 Å². The average Bonchev–Trinajstić information content (AvgIpc) is 2.31. The molecular formula is C12H17NO3. The lowest BCUT2D eigenvalue weighted by Gasteiger charge is -2.13. The first kappa shape index (κ1) is 12.7. The maximum atomic E-state index is 10.6. The Morgan fingerprint density at radius 1 is 1.38 bits per heavy atom. The van der Waals surface area contributed by atoms with Crippen LogP contribution in [0.1, 0.15) is 29.3 Å². The summed E-state index contributed by atoms with van der Waals surface area (Å²) in [6, 6.07) is 6.82. The van der Waals surface area contributed by atoms with Gasteiger partial charge in [-0.25, -0.2) is 4.79 Å². The number of carboxylic acid groups (broad SMARTS) is 1. The molecule has 16 heavy (non-hydrogen) atoms. The second kappa shape index (κ2) is 6.25. The van der Waals surface area contributed by atoms with Gasteiger partial charge in [0.2, 0.25) is 0 Å². The average molecular weight is 223 g/mol. The van der Waals surface area contributed by atoms with Crippen LogP contribution < -0.4 is 5.32 Å². The summed E-state index contributed by atoms with van der Waals surface area (Å²) in [6.45, 7) is 2.75. The number of hydrogen-bond donors (Lipinski definition) is 3. The molecule has 3 N–H and O–H groups in total. The van der Waals surface area contributed by atoms with Crippen molar-refractivity contribution in [2.75, 3.05) is 6.61 Å². The molecule has 0 amide bonds. The van der Waals surface area contributed by atoms with E-state index in [1.165, 1.54) is 0 Å². The van der Waals surface area contributed by atoms with Gasteiger partial charge >= 0.3 is 5.97 Å². The van der Waals surface area contributed by atoms with Gasteiger partial charge in [-0.2, -0.15) is 0 Å². The summed E-state index contributed by atoms with van der Waals surface area (Å²) >= 11 is 0. The molecule has 0 heterocycles. The fourth-order valence-electron chi connectivity index (χ4n) is 1.37. The number of hydrogen-bond acceptors (Lipinski definition) is 3. The minimum atomic E-state index is -0.915. The van der Waals surface area contributed by atoms with E-state index in [2.05, 4.69) is 5.32 Å². The van der Waals surface area contributed by atoms with Crippen molar-refractivity contribution in [2.24, 2.45) is 0 Å². The summed E-state index contributed by atoms with van der Waals surface area (Å²) in [5, 5.41) is 20.9. The molecule has 0 aliphatic carbocycles. The van der Waals surface area contributed by atoms with Crippen molar-refractivity contribution in [3.8, 4) is 0 Å². The molecule has 0 spiro atoms. The Kier molecular flexibility index (Phi) is 4.95. The zero-order valence-electron chi connectivity index (χ0n) is 9.31.